The molecule has 68 heavy (non-hydrogen) atoms. The third-order valence-corrected chi connectivity index (χ3v) is 10.0. The molecule has 3 amide bonds. The van der Waals surface area contributed by atoms with Gasteiger partial charge >= 0.3 is 35.8 Å². The molecule has 2 rings (SSSR count). The largest absolute Gasteiger partial charge is 0.623 e. The Kier molecular flexibility index (Phi) is 20.0. The molecular weight excluding hydrogens is 971 g/mol. The summed E-state index contributed by atoms with van der Waals surface area (Å²) < 4.78 is 188. The van der Waals surface area contributed by atoms with Crippen LogP contribution in [0.2, 0.25) is 0 Å². The van der Waals surface area contributed by atoms with Gasteiger partial charge in [0, 0.05) is 52.3 Å². The molecule has 1 fully saturated rings. The van der Waals surface area contributed by atoms with Gasteiger partial charge in [0.2, 0.25) is 11.8 Å². The molecule has 0 aliphatic carbocycles. The molecule has 0 bridgehead atoms. The molecule has 0 aromatic heterocycles. The van der Waals surface area contributed by atoms with E-state index in [9.17, 15) is 118 Å². The van der Waals surface area contributed by atoms with Crippen molar-refractivity contribution in [1.29, 1.82) is 0 Å². The van der Waals surface area contributed by atoms with Crippen LogP contribution in [-0.4, -0.2) is 192 Å². The minimum absolute atomic E-state index is 0.293. The third-order valence-electron chi connectivity index (χ3n) is 10.0. The fraction of sp³-hybridized carbons (Fsp3) is 0.730. The van der Waals surface area contributed by atoms with Gasteiger partial charge in [0.25, 0.3) is 5.91 Å². The van der Waals surface area contributed by atoms with Crippen molar-refractivity contribution in [3.05, 3.63) is 40.6 Å². The molecule has 0 radical (unpaired) electrons. The number of alkyl halides is 13. The second kappa shape index (κ2) is 22.7. The molecule has 1 aromatic rings. The lowest BCUT2D eigenvalue weighted by atomic mass is 9.92. The van der Waals surface area contributed by atoms with Crippen molar-refractivity contribution in [2.45, 2.75) is 149 Å². The van der Waals surface area contributed by atoms with Gasteiger partial charge in [-0.2, -0.15) is 57.1 Å². The molecule has 18 nitrogen and oxygen atoms in total. The first-order chi connectivity index (χ1) is 30.8. The Morgan fingerprint density at radius 3 is 1.84 bits per heavy atom. The van der Waals surface area contributed by atoms with Crippen molar-refractivity contribution >= 4 is 23.9 Å². The molecular formula is C37H49F13N4O14. The number of hydrogen-bond donors (Lipinski definition) is 11. The van der Waals surface area contributed by atoms with Gasteiger partial charge in [-0.25, -0.2) is 4.74 Å². The zero-order valence-electron chi connectivity index (χ0n) is 35.5. The Morgan fingerprint density at radius 1 is 0.794 bits per heavy atom. The summed E-state index contributed by atoms with van der Waals surface area (Å²) in [6, 6.07) is 3.12. The Hall–Kier alpha value is -4.21. The van der Waals surface area contributed by atoms with E-state index in [0.29, 0.717) is 15.9 Å². The van der Waals surface area contributed by atoms with Gasteiger partial charge in [0.05, 0.1) is 31.8 Å². The second-order valence-corrected chi connectivity index (χ2v) is 16.3. The number of nitrogens with one attached hydrogen (secondary N) is 3. The number of nitrogens with zero attached hydrogens (tertiary/aromatic N) is 1. The zero-order valence-corrected chi connectivity index (χ0v) is 35.5. The summed E-state index contributed by atoms with van der Waals surface area (Å²) in [5.41, 5.74) is -0.151. The highest BCUT2D eigenvalue weighted by Gasteiger charge is 2.90. The van der Waals surface area contributed by atoms with Crippen LogP contribution in [0.15, 0.2) is 24.3 Å². The predicted molar refractivity (Wildman–Crippen MR) is 200 cm³/mol. The Labute approximate surface area is 375 Å². The van der Waals surface area contributed by atoms with E-state index in [4.69, 9.17) is 9.47 Å². The number of rotatable bonds is 23. The molecule has 1 aliphatic heterocycles. The van der Waals surface area contributed by atoms with E-state index in [1.165, 1.54) is 35.8 Å². The number of hydrogen-bond acceptors (Lipinski definition) is 14. The predicted octanol–water partition coefficient (Wildman–Crippen LogP) is -0.199. The first-order valence-electron chi connectivity index (χ1n) is 19.6. The number of aliphatic hydroxyl groups excluding tert-OH is 8. The van der Waals surface area contributed by atoms with E-state index in [1.54, 1.807) is 26.1 Å². The average Bonchev–Trinajstić information content (AvgIpc) is 3.23. The topological polar surface area (TPSA) is 294 Å². The highest BCUT2D eigenvalue weighted by atomic mass is 19.4. The van der Waals surface area contributed by atoms with E-state index < -0.39 is 166 Å². The van der Waals surface area contributed by atoms with Crippen molar-refractivity contribution in [3.8, 4) is 0 Å². The van der Waals surface area contributed by atoms with Gasteiger partial charge < -0.3 is 71.5 Å². The van der Waals surface area contributed by atoms with E-state index in [0.717, 1.165) is 0 Å². The molecule has 10 atom stereocenters. The summed E-state index contributed by atoms with van der Waals surface area (Å²) in [6.07, 6.45) is -31.4. The van der Waals surface area contributed by atoms with Gasteiger partial charge in [0.15, 0.2) is 24.1 Å². The number of carbonyl (C=O) groups is 3. The molecule has 392 valence electrons. The van der Waals surface area contributed by atoms with E-state index in [1.807, 2.05) is 0 Å². The minimum Gasteiger partial charge on any atom is -0.623 e. The van der Waals surface area contributed by atoms with Gasteiger partial charge in [-0.15, -0.1) is 0 Å². The van der Waals surface area contributed by atoms with Crippen LogP contribution in [-0.2, 0) is 30.4 Å². The van der Waals surface area contributed by atoms with Crippen LogP contribution >= 0.6 is 0 Å². The molecule has 1 heterocycles. The van der Waals surface area contributed by atoms with Crippen molar-refractivity contribution in [2.75, 3.05) is 19.8 Å². The molecule has 1 aromatic carbocycles. The third kappa shape index (κ3) is 13.8. The summed E-state index contributed by atoms with van der Waals surface area (Å²) in [7, 11) is 0. The van der Waals surface area contributed by atoms with Crippen molar-refractivity contribution in [2.24, 2.45) is 0 Å². The summed E-state index contributed by atoms with van der Waals surface area (Å²) >= 11 is 0. The van der Waals surface area contributed by atoms with E-state index in [2.05, 4.69) is 5.32 Å². The highest BCUT2D eigenvalue weighted by Crippen LogP contribution is 2.60. The van der Waals surface area contributed by atoms with E-state index >= 15 is 0 Å². The van der Waals surface area contributed by atoms with Crippen LogP contribution in [0.5, 0.6) is 0 Å². The Balaban J connectivity index is 2.41. The van der Waals surface area contributed by atoms with Crippen molar-refractivity contribution in [3.63, 3.8) is 0 Å². The molecule has 1 unspecified atom stereocenters. The minimum atomic E-state index is -8.21. The summed E-state index contributed by atoms with van der Waals surface area (Å²) in [4.78, 5) is 39.4. The summed E-state index contributed by atoms with van der Waals surface area (Å²) in [5, 5.41) is 98.3. The lowest BCUT2D eigenvalue weighted by Gasteiger charge is -2.41. The quantitative estimate of drug-likeness (QED) is 0.0223. The molecule has 0 saturated carbocycles. The van der Waals surface area contributed by atoms with Crippen molar-refractivity contribution < 1.29 is 127 Å². The van der Waals surface area contributed by atoms with Crippen LogP contribution in [0.3, 0.4) is 0 Å². The maximum Gasteiger partial charge on any atom is 0.460 e. The van der Waals surface area contributed by atoms with Crippen LogP contribution < -0.4 is 16.0 Å². The maximum atomic E-state index is 14.5. The normalized spacial score (nSPS) is 22.7. The lowest BCUT2D eigenvalue weighted by molar-refractivity contribution is -0.530. The smallest absolute Gasteiger partial charge is 0.460 e. The van der Waals surface area contributed by atoms with Gasteiger partial charge in [-0.1, -0.05) is 12.1 Å². The monoisotopic (exact) mass is 1020 g/mol. The molecule has 0 spiro atoms. The first kappa shape index (κ1) is 59.9. The first-order valence-corrected chi connectivity index (χ1v) is 19.6. The van der Waals surface area contributed by atoms with Gasteiger partial charge in [-0.05, 0) is 17.7 Å². The summed E-state index contributed by atoms with van der Waals surface area (Å²) in [5.74, 6) is -43.9. The number of hydroxylamine groups is 1. The van der Waals surface area contributed by atoms with E-state index in [-0.39, 0.29) is 0 Å². The Morgan fingerprint density at radius 2 is 1.34 bits per heavy atom. The van der Waals surface area contributed by atoms with Crippen LogP contribution in [0.25, 0.3) is 0 Å². The number of benzene rings is 1. The maximum absolute atomic E-state index is 14.5. The molecule has 1 aliphatic rings. The van der Waals surface area contributed by atoms with Crippen molar-refractivity contribution in [1.82, 2.24) is 16.0 Å². The highest BCUT2D eigenvalue weighted by molar-refractivity contribution is 5.93. The standard InChI is InChI=1S/C37H49F13N4O14/c1-31(2,3)54(66)13-17-6-4-16(5-7-17)12-52-22(58)11-19(28(64)51-9-8-32(38,39)33(40,41)34(42,43)35(44,45)36(46,47)37(48,49)50)53-29(65)26(62)23(59)20(10-18(57)14-55)67-30-27(63)25(61)24(60)21(15-56)68-30/h4-7,13,18-21,23-27,30,55-57,59-63H,8-12,14-15H2,1-3H3,(H,51,64)(H,52,58)(H,53,65)/b54-13-/t18-,19?,20+,21+,23+,24-,25-,26+,27+,30+/m0/s1. The molecule has 1 saturated heterocycles. The zero-order chi connectivity index (χ0) is 52.8. The number of amides is 3. The number of ether oxygens (including phenoxy) is 2. The number of carbonyl (C=O) groups excluding carboxylic acids is 3. The Bertz CT molecular complexity index is 1870. The second-order valence-electron chi connectivity index (χ2n) is 16.3. The fourth-order valence-electron chi connectivity index (χ4n) is 5.73. The van der Waals surface area contributed by atoms with Crippen LogP contribution in [0, 0.1) is 5.21 Å². The van der Waals surface area contributed by atoms with Gasteiger partial charge in [-0.3, -0.25) is 14.4 Å². The van der Waals surface area contributed by atoms with Crippen LogP contribution in [0.1, 0.15) is 51.2 Å². The fourth-order valence-corrected chi connectivity index (χ4v) is 5.73. The SMILES string of the molecule is CC(C)(C)/[N+]([O-])=C/c1ccc(CNC(=O)CC(NC(=O)[C@H](O)[C@H](O)[C@@H](C[C@H](O)CO)O[C@@H]2O[C@H](CO)[C@H](O)[C@H](O)[C@H]2O)C(=O)NCCC(F)(F)C(F)(F)C(F)(F)C(F)(F)C(F)(F)C(F)(F)F)cc1. The summed E-state index contributed by atoms with van der Waals surface area (Å²) in [6.45, 7) is 0.211. The number of aliphatic hydroxyl groups is 8. The number of halogens is 13. The molecule has 11 N–H and O–H groups in total. The molecule has 31 heteroatoms. The van der Waals surface area contributed by atoms with Crippen LogP contribution in [0.4, 0.5) is 57.1 Å². The lowest BCUT2D eigenvalue weighted by Crippen LogP contribution is -2.70. The van der Waals surface area contributed by atoms with Gasteiger partial charge in [0.1, 0.15) is 36.6 Å². The average molecular weight is 1020 g/mol.